The predicted molar refractivity (Wildman–Crippen MR) is 72.1 cm³/mol. The normalized spacial score (nSPS) is 12.5. The third kappa shape index (κ3) is 4.31. The highest BCUT2D eigenvalue weighted by Gasteiger charge is 2.16. The first-order valence-electron chi connectivity index (χ1n) is 6.36. The molecule has 0 heterocycles. The summed E-state index contributed by atoms with van der Waals surface area (Å²) in [5.41, 5.74) is 9.20. The topological polar surface area (TPSA) is 43.1 Å². The van der Waals surface area contributed by atoms with Crippen molar-refractivity contribution in [3.63, 3.8) is 0 Å². The molecule has 0 amide bonds. The summed E-state index contributed by atoms with van der Waals surface area (Å²) in [4.78, 5) is 12.1. The zero-order valence-corrected chi connectivity index (χ0v) is 11.1. The Morgan fingerprint density at radius 3 is 2.29 bits per heavy atom. The third-order valence-electron chi connectivity index (χ3n) is 3.04. The average molecular weight is 233 g/mol. The van der Waals surface area contributed by atoms with Crippen LogP contribution in [0, 0.1) is 19.8 Å². The highest BCUT2D eigenvalue weighted by Crippen LogP contribution is 2.14. The van der Waals surface area contributed by atoms with Gasteiger partial charge in [-0.1, -0.05) is 42.7 Å². The van der Waals surface area contributed by atoms with Crippen molar-refractivity contribution < 1.29 is 4.79 Å². The van der Waals surface area contributed by atoms with Gasteiger partial charge in [0.2, 0.25) is 0 Å². The number of aryl methyl sites for hydroxylation is 2. The molecule has 1 unspecified atom stereocenters. The molecule has 0 radical (unpaired) electrons. The fourth-order valence-electron chi connectivity index (χ4n) is 2.28. The molecule has 0 aliphatic rings. The fraction of sp³-hybridized carbons (Fsp3) is 0.533. The zero-order valence-electron chi connectivity index (χ0n) is 11.1. The molecule has 2 nitrogen and oxygen atoms in total. The highest BCUT2D eigenvalue weighted by molar-refractivity contribution is 5.83. The maximum absolute atomic E-state index is 12.1. The van der Waals surface area contributed by atoms with Crippen molar-refractivity contribution in [2.45, 2.75) is 40.0 Å². The van der Waals surface area contributed by atoms with E-state index in [0.717, 1.165) is 18.4 Å². The zero-order chi connectivity index (χ0) is 12.8. The van der Waals surface area contributed by atoms with E-state index in [-0.39, 0.29) is 11.7 Å². The van der Waals surface area contributed by atoms with Crippen molar-refractivity contribution in [1.29, 1.82) is 0 Å². The van der Waals surface area contributed by atoms with E-state index in [1.165, 1.54) is 11.1 Å². The van der Waals surface area contributed by atoms with Gasteiger partial charge in [-0.25, -0.2) is 0 Å². The number of carbonyl (C=O) groups excluding carboxylic acids is 1. The van der Waals surface area contributed by atoms with Crippen LogP contribution in [0.3, 0.4) is 0 Å². The standard InChI is InChI=1S/C15H23NO/c1-4-5-14(10-16)15(17)9-13-7-11(2)6-12(3)8-13/h6-8,14H,4-5,9-10,16H2,1-3H3. The van der Waals surface area contributed by atoms with Crippen LogP contribution in [-0.4, -0.2) is 12.3 Å². The number of carbonyl (C=O) groups is 1. The Bertz CT molecular complexity index is 364. The summed E-state index contributed by atoms with van der Waals surface area (Å²) in [6.45, 7) is 6.69. The van der Waals surface area contributed by atoms with Crippen LogP contribution in [0.2, 0.25) is 0 Å². The summed E-state index contributed by atoms with van der Waals surface area (Å²) in [5, 5.41) is 0. The summed E-state index contributed by atoms with van der Waals surface area (Å²) in [5.74, 6) is 0.306. The van der Waals surface area contributed by atoms with Gasteiger partial charge in [-0.2, -0.15) is 0 Å². The minimum absolute atomic E-state index is 0.0285. The largest absolute Gasteiger partial charge is 0.330 e. The monoisotopic (exact) mass is 233 g/mol. The lowest BCUT2D eigenvalue weighted by molar-refractivity contribution is -0.122. The third-order valence-corrected chi connectivity index (χ3v) is 3.04. The Kier molecular flexibility index (Phi) is 5.36. The molecule has 0 aliphatic heterocycles. The van der Waals surface area contributed by atoms with Gasteiger partial charge >= 0.3 is 0 Å². The minimum atomic E-state index is 0.0285. The van der Waals surface area contributed by atoms with E-state index < -0.39 is 0 Å². The molecule has 0 spiro atoms. The van der Waals surface area contributed by atoms with Crippen LogP contribution in [0.5, 0.6) is 0 Å². The summed E-state index contributed by atoms with van der Waals surface area (Å²) in [6, 6.07) is 6.30. The Labute approximate surface area is 104 Å². The summed E-state index contributed by atoms with van der Waals surface area (Å²) in [6.07, 6.45) is 2.44. The number of hydrogen-bond donors (Lipinski definition) is 1. The predicted octanol–water partition coefficient (Wildman–Crippen LogP) is 2.79. The number of hydrogen-bond acceptors (Lipinski definition) is 2. The minimum Gasteiger partial charge on any atom is -0.330 e. The average Bonchev–Trinajstić information content (AvgIpc) is 2.24. The van der Waals surface area contributed by atoms with E-state index in [0.29, 0.717) is 13.0 Å². The van der Waals surface area contributed by atoms with E-state index >= 15 is 0 Å². The lowest BCUT2D eigenvalue weighted by Crippen LogP contribution is -2.25. The van der Waals surface area contributed by atoms with E-state index in [9.17, 15) is 4.79 Å². The van der Waals surface area contributed by atoms with Crippen molar-refractivity contribution in [2.75, 3.05) is 6.54 Å². The van der Waals surface area contributed by atoms with Crippen molar-refractivity contribution >= 4 is 5.78 Å². The lowest BCUT2D eigenvalue weighted by Gasteiger charge is -2.13. The van der Waals surface area contributed by atoms with Gasteiger partial charge in [0, 0.05) is 18.9 Å². The van der Waals surface area contributed by atoms with E-state index in [1.807, 2.05) is 0 Å². The molecule has 1 aromatic carbocycles. The second kappa shape index (κ2) is 6.55. The van der Waals surface area contributed by atoms with Crippen LogP contribution < -0.4 is 5.73 Å². The Morgan fingerprint density at radius 1 is 1.24 bits per heavy atom. The maximum atomic E-state index is 12.1. The number of nitrogens with two attached hydrogens (primary N) is 1. The lowest BCUT2D eigenvalue weighted by atomic mass is 9.93. The SMILES string of the molecule is CCCC(CN)C(=O)Cc1cc(C)cc(C)c1. The van der Waals surface area contributed by atoms with Crippen LogP contribution in [0.4, 0.5) is 0 Å². The summed E-state index contributed by atoms with van der Waals surface area (Å²) >= 11 is 0. The van der Waals surface area contributed by atoms with Gasteiger partial charge in [-0.3, -0.25) is 4.79 Å². The molecule has 0 aliphatic carbocycles. The smallest absolute Gasteiger partial charge is 0.141 e. The Morgan fingerprint density at radius 2 is 1.82 bits per heavy atom. The molecule has 0 saturated carbocycles. The first kappa shape index (κ1) is 13.9. The number of benzene rings is 1. The second-order valence-corrected chi connectivity index (χ2v) is 4.86. The van der Waals surface area contributed by atoms with Crippen molar-refractivity contribution in [3.8, 4) is 0 Å². The first-order valence-corrected chi connectivity index (χ1v) is 6.36. The van der Waals surface area contributed by atoms with Gasteiger partial charge in [0.15, 0.2) is 0 Å². The molecule has 0 fully saturated rings. The fourth-order valence-corrected chi connectivity index (χ4v) is 2.28. The number of Topliss-reactive ketones (excluding diaryl/α,β-unsaturated/α-hetero) is 1. The van der Waals surface area contributed by atoms with Gasteiger partial charge in [0.25, 0.3) is 0 Å². The molecular weight excluding hydrogens is 210 g/mol. The van der Waals surface area contributed by atoms with Crippen LogP contribution in [0.15, 0.2) is 18.2 Å². The van der Waals surface area contributed by atoms with Gasteiger partial charge in [-0.05, 0) is 25.8 Å². The molecule has 2 N–H and O–H groups in total. The highest BCUT2D eigenvalue weighted by atomic mass is 16.1. The van der Waals surface area contributed by atoms with Crippen LogP contribution >= 0.6 is 0 Å². The molecular formula is C15H23NO. The molecule has 0 bridgehead atoms. The van der Waals surface area contributed by atoms with Crippen LogP contribution in [-0.2, 0) is 11.2 Å². The van der Waals surface area contributed by atoms with Gasteiger partial charge in [0.1, 0.15) is 5.78 Å². The molecule has 0 saturated heterocycles. The van der Waals surface area contributed by atoms with E-state index in [4.69, 9.17) is 5.73 Å². The number of rotatable bonds is 6. The quantitative estimate of drug-likeness (QED) is 0.821. The van der Waals surface area contributed by atoms with Gasteiger partial charge < -0.3 is 5.73 Å². The molecule has 2 heteroatoms. The maximum Gasteiger partial charge on any atom is 0.141 e. The van der Waals surface area contributed by atoms with Crippen LogP contribution in [0.25, 0.3) is 0 Å². The molecule has 1 atom stereocenters. The second-order valence-electron chi connectivity index (χ2n) is 4.86. The number of ketones is 1. The van der Waals surface area contributed by atoms with Gasteiger partial charge in [0.05, 0.1) is 0 Å². The van der Waals surface area contributed by atoms with E-state index in [2.05, 4.69) is 39.0 Å². The Hall–Kier alpha value is -1.15. The van der Waals surface area contributed by atoms with Gasteiger partial charge in [-0.15, -0.1) is 0 Å². The van der Waals surface area contributed by atoms with Crippen molar-refractivity contribution in [2.24, 2.45) is 11.7 Å². The molecule has 0 aromatic heterocycles. The Balaban J connectivity index is 2.72. The molecule has 1 rings (SSSR count). The molecule has 94 valence electrons. The summed E-state index contributed by atoms with van der Waals surface area (Å²) in [7, 11) is 0. The molecule has 1 aromatic rings. The van der Waals surface area contributed by atoms with E-state index in [1.54, 1.807) is 0 Å². The van der Waals surface area contributed by atoms with Crippen LogP contribution in [0.1, 0.15) is 36.5 Å². The molecule has 17 heavy (non-hydrogen) atoms. The van der Waals surface area contributed by atoms with Crippen molar-refractivity contribution in [3.05, 3.63) is 34.9 Å². The van der Waals surface area contributed by atoms with Crippen molar-refractivity contribution in [1.82, 2.24) is 0 Å². The first-order chi connectivity index (χ1) is 8.06. The summed E-state index contributed by atoms with van der Waals surface area (Å²) < 4.78 is 0.